The molecule has 3 aromatic rings. The normalized spacial score (nSPS) is 15.3. The number of ether oxygens (including phenoxy) is 2. The fraction of sp³-hybridized carbons (Fsp3) is 0.368. The molecular weight excluding hydrogens is 332 g/mol. The molecule has 0 unspecified atom stereocenters. The van der Waals surface area contributed by atoms with Crippen LogP contribution < -0.4 is 15.7 Å². The standard InChI is InChI=1S/C19H22N4O3/c1-12-9-14(25-2)3-4-15(12)21-18-10-17-16(11-20-18)22-19(24)23(17)13-5-7-26-8-6-13/h3-4,9-11,13H,5-8H2,1-2H3,(H,20,21)(H,22,24). The van der Waals surface area contributed by atoms with E-state index in [9.17, 15) is 4.79 Å². The molecule has 4 rings (SSSR count). The molecule has 7 heteroatoms. The lowest BCUT2D eigenvalue weighted by Gasteiger charge is -2.23. The first-order valence-corrected chi connectivity index (χ1v) is 8.75. The van der Waals surface area contributed by atoms with Crippen LogP contribution >= 0.6 is 0 Å². The number of aromatic nitrogens is 3. The van der Waals surface area contributed by atoms with Gasteiger partial charge in [0.1, 0.15) is 11.6 Å². The minimum Gasteiger partial charge on any atom is -0.497 e. The molecule has 136 valence electrons. The summed E-state index contributed by atoms with van der Waals surface area (Å²) in [5.41, 5.74) is 3.53. The summed E-state index contributed by atoms with van der Waals surface area (Å²) >= 11 is 0. The molecule has 1 aromatic carbocycles. The number of benzene rings is 1. The molecule has 1 aliphatic heterocycles. The largest absolute Gasteiger partial charge is 0.497 e. The maximum Gasteiger partial charge on any atom is 0.326 e. The van der Waals surface area contributed by atoms with Gasteiger partial charge in [-0.1, -0.05) is 0 Å². The zero-order valence-corrected chi connectivity index (χ0v) is 14.9. The van der Waals surface area contributed by atoms with Crippen LogP contribution in [0.4, 0.5) is 11.5 Å². The monoisotopic (exact) mass is 354 g/mol. The van der Waals surface area contributed by atoms with Crippen LogP contribution in [0, 0.1) is 6.92 Å². The highest BCUT2D eigenvalue weighted by atomic mass is 16.5. The number of rotatable bonds is 4. The second kappa shape index (κ2) is 6.84. The van der Waals surface area contributed by atoms with Crippen molar-refractivity contribution in [2.75, 3.05) is 25.6 Å². The van der Waals surface area contributed by atoms with E-state index in [1.54, 1.807) is 13.3 Å². The fourth-order valence-electron chi connectivity index (χ4n) is 3.44. The summed E-state index contributed by atoms with van der Waals surface area (Å²) in [6, 6.07) is 7.91. The van der Waals surface area contributed by atoms with Crippen LogP contribution in [0.1, 0.15) is 24.4 Å². The van der Waals surface area contributed by atoms with Crippen molar-refractivity contribution >= 4 is 22.5 Å². The van der Waals surface area contributed by atoms with Gasteiger partial charge in [-0.25, -0.2) is 9.78 Å². The third-order valence-corrected chi connectivity index (χ3v) is 4.85. The molecule has 0 bridgehead atoms. The van der Waals surface area contributed by atoms with Crippen LogP contribution in [-0.2, 0) is 4.74 Å². The van der Waals surface area contributed by atoms with Crippen LogP contribution in [0.3, 0.4) is 0 Å². The Labute approximate surface area is 151 Å². The highest BCUT2D eigenvalue weighted by Crippen LogP contribution is 2.27. The van der Waals surface area contributed by atoms with Gasteiger partial charge in [0, 0.05) is 31.0 Å². The van der Waals surface area contributed by atoms with Crippen molar-refractivity contribution in [3.8, 4) is 5.75 Å². The number of anilines is 2. The second-order valence-electron chi connectivity index (χ2n) is 6.54. The van der Waals surface area contributed by atoms with Gasteiger partial charge in [0.15, 0.2) is 0 Å². The van der Waals surface area contributed by atoms with E-state index in [-0.39, 0.29) is 11.7 Å². The Morgan fingerprint density at radius 1 is 1.31 bits per heavy atom. The molecule has 7 nitrogen and oxygen atoms in total. The molecule has 0 radical (unpaired) electrons. The first-order chi connectivity index (χ1) is 12.7. The second-order valence-corrected chi connectivity index (χ2v) is 6.54. The number of methoxy groups -OCH3 is 1. The smallest absolute Gasteiger partial charge is 0.326 e. The summed E-state index contributed by atoms with van der Waals surface area (Å²) < 4.78 is 12.5. The SMILES string of the molecule is COc1ccc(Nc2cc3c(cn2)[nH]c(=O)n3C2CCOCC2)c(C)c1. The third-order valence-electron chi connectivity index (χ3n) is 4.85. The molecule has 1 aliphatic rings. The predicted molar refractivity (Wildman–Crippen MR) is 100 cm³/mol. The molecule has 3 heterocycles. The molecule has 0 spiro atoms. The average Bonchev–Trinajstić information content (AvgIpc) is 2.99. The lowest BCUT2D eigenvalue weighted by Crippen LogP contribution is -2.27. The van der Waals surface area contributed by atoms with E-state index in [4.69, 9.17) is 9.47 Å². The molecule has 0 amide bonds. The number of hydrogen-bond acceptors (Lipinski definition) is 5. The van der Waals surface area contributed by atoms with Crippen molar-refractivity contribution in [2.24, 2.45) is 0 Å². The molecule has 1 fully saturated rings. The Hall–Kier alpha value is -2.80. The van der Waals surface area contributed by atoms with Crippen LogP contribution in [-0.4, -0.2) is 34.9 Å². The van der Waals surface area contributed by atoms with E-state index in [0.29, 0.717) is 19.0 Å². The molecule has 0 atom stereocenters. The number of aromatic amines is 1. The maximum atomic E-state index is 12.4. The molecule has 2 aromatic heterocycles. The summed E-state index contributed by atoms with van der Waals surface area (Å²) in [6.45, 7) is 3.38. The number of H-pyrrole nitrogens is 1. The molecule has 2 N–H and O–H groups in total. The fourth-order valence-corrected chi connectivity index (χ4v) is 3.44. The van der Waals surface area contributed by atoms with Crippen molar-refractivity contribution in [3.05, 3.63) is 46.5 Å². The predicted octanol–water partition coefficient (Wildman–Crippen LogP) is 3.14. The van der Waals surface area contributed by atoms with Crippen molar-refractivity contribution in [2.45, 2.75) is 25.8 Å². The van der Waals surface area contributed by atoms with E-state index in [1.807, 2.05) is 35.8 Å². The Balaban J connectivity index is 1.69. The Bertz CT molecular complexity index is 986. The van der Waals surface area contributed by atoms with E-state index in [1.165, 1.54) is 0 Å². The van der Waals surface area contributed by atoms with Crippen LogP contribution in [0.25, 0.3) is 11.0 Å². The molecule has 0 saturated carbocycles. The highest BCUT2D eigenvalue weighted by Gasteiger charge is 2.20. The third kappa shape index (κ3) is 3.06. The summed E-state index contributed by atoms with van der Waals surface area (Å²) in [7, 11) is 1.65. The number of aryl methyl sites for hydroxylation is 1. The van der Waals surface area contributed by atoms with Gasteiger partial charge in [-0.15, -0.1) is 0 Å². The van der Waals surface area contributed by atoms with E-state index in [0.717, 1.165) is 40.9 Å². The number of nitrogens with one attached hydrogen (secondary N) is 2. The first kappa shape index (κ1) is 16.7. The molecular formula is C19H22N4O3. The minimum atomic E-state index is -0.0912. The summed E-state index contributed by atoms with van der Waals surface area (Å²) in [4.78, 5) is 19.8. The summed E-state index contributed by atoms with van der Waals surface area (Å²) in [5.74, 6) is 1.51. The lowest BCUT2D eigenvalue weighted by atomic mass is 10.1. The van der Waals surface area contributed by atoms with Crippen LogP contribution in [0.2, 0.25) is 0 Å². The average molecular weight is 354 g/mol. The van der Waals surface area contributed by atoms with Crippen molar-refractivity contribution in [3.63, 3.8) is 0 Å². The van der Waals surface area contributed by atoms with Gasteiger partial charge in [-0.3, -0.25) is 4.57 Å². The van der Waals surface area contributed by atoms with Gasteiger partial charge in [0.2, 0.25) is 0 Å². The van der Waals surface area contributed by atoms with Gasteiger partial charge >= 0.3 is 5.69 Å². The Kier molecular flexibility index (Phi) is 4.38. The minimum absolute atomic E-state index is 0.0912. The van der Waals surface area contributed by atoms with E-state index in [2.05, 4.69) is 15.3 Å². The van der Waals surface area contributed by atoms with Crippen molar-refractivity contribution < 1.29 is 9.47 Å². The number of fused-ring (bicyclic) bond motifs is 1. The van der Waals surface area contributed by atoms with Gasteiger partial charge < -0.3 is 19.8 Å². The van der Waals surface area contributed by atoms with Crippen LogP contribution in [0.15, 0.2) is 35.3 Å². The highest BCUT2D eigenvalue weighted by molar-refractivity contribution is 5.78. The Morgan fingerprint density at radius 2 is 2.12 bits per heavy atom. The number of imidazole rings is 1. The quantitative estimate of drug-likeness (QED) is 0.752. The molecule has 26 heavy (non-hydrogen) atoms. The van der Waals surface area contributed by atoms with Crippen LogP contribution in [0.5, 0.6) is 5.75 Å². The van der Waals surface area contributed by atoms with Gasteiger partial charge in [0.05, 0.1) is 24.3 Å². The number of nitrogens with zero attached hydrogens (tertiary/aromatic N) is 2. The first-order valence-electron chi connectivity index (χ1n) is 8.75. The molecule has 0 aliphatic carbocycles. The Morgan fingerprint density at radius 3 is 2.85 bits per heavy atom. The zero-order chi connectivity index (χ0) is 18.1. The van der Waals surface area contributed by atoms with E-state index < -0.39 is 0 Å². The van der Waals surface area contributed by atoms with Gasteiger partial charge in [-0.05, 0) is 43.5 Å². The number of hydrogen-bond donors (Lipinski definition) is 2. The van der Waals surface area contributed by atoms with E-state index >= 15 is 0 Å². The molecule has 1 saturated heterocycles. The maximum absolute atomic E-state index is 12.4. The summed E-state index contributed by atoms with van der Waals surface area (Å²) in [6.07, 6.45) is 3.39. The van der Waals surface area contributed by atoms with Gasteiger partial charge in [-0.2, -0.15) is 0 Å². The van der Waals surface area contributed by atoms with Crippen molar-refractivity contribution in [1.29, 1.82) is 0 Å². The number of pyridine rings is 1. The summed E-state index contributed by atoms with van der Waals surface area (Å²) in [5, 5.41) is 3.33. The zero-order valence-electron chi connectivity index (χ0n) is 14.9. The topological polar surface area (TPSA) is 81.2 Å². The van der Waals surface area contributed by atoms with Crippen molar-refractivity contribution in [1.82, 2.24) is 14.5 Å². The lowest BCUT2D eigenvalue weighted by molar-refractivity contribution is 0.0698. The van der Waals surface area contributed by atoms with Gasteiger partial charge in [0.25, 0.3) is 0 Å².